The molecular weight excluding hydrogens is 548 g/mol. The Morgan fingerprint density at radius 3 is 2.56 bits per heavy atom. The van der Waals surface area contributed by atoms with Crippen molar-refractivity contribution < 1.29 is 43.9 Å². The van der Waals surface area contributed by atoms with Gasteiger partial charge in [0, 0.05) is 11.8 Å². The number of ether oxygens (including phenoxy) is 3. The van der Waals surface area contributed by atoms with Crippen LogP contribution in [-0.4, -0.2) is 64.8 Å². The van der Waals surface area contributed by atoms with Gasteiger partial charge in [0.2, 0.25) is 5.75 Å². The van der Waals surface area contributed by atoms with Crippen molar-refractivity contribution in [3.05, 3.63) is 73.0 Å². The number of hydrazone groups is 1. The Morgan fingerprint density at radius 2 is 1.93 bits per heavy atom. The predicted molar refractivity (Wildman–Crippen MR) is 140 cm³/mol. The zero-order valence-corrected chi connectivity index (χ0v) is 21.9. The van der Waals surface area contributed by atoms with Crippen molar-refractivity contribution in [1.82, 2.24) is 16.1 Å². The number of aliphatic hydroxyl groups excluding tert-OH is 1. The number of nitro benzene ring substituents is 2. The molecule has 17 nitrogen and oxygen atoms in total. The quantitative estimate of drug-likeness (QED) is 0.0801. The van der Waals surface area contributed by atoms with Crippen LogP contribution >= 0.6 is 0 Å². The summed E-state index contributed by atoms with van der Waals surface area (Å²) in [6.07, 6.45) is -0.572. The summed E-state index contributed by atoms with van der Waals surface area (Å²) < 4.78 is 16.1. The van der Waals surface area contributed by atoms with Gasteiger partial charge in [0.1, 0.15) is 6.61 Å². The van der Waals surface area contributed by atoms with Gasteiger partial charge in [-0.3, -0.25) is 25.7 Å². The molecule has 1 heterocycles. The molecule has 0 saturated heterocycles. The van der Waals surface area contributed by atoms with Crippen LogP contribution in [-0.2, 0) is 9.53 Å². The standard InChI is InChI=1S/C24H26N6O11/c1-4-40-18-8-13(21-20(23(33)39-3)12(2)26-24(34)27-21)5-6-17(18)41-11-19(31)28-25-10-14-7-15(29(35)36)9-16(22(14)32)30(37)38/h5-10,19,21,28,31-32H,4,11H2,1-3H3,(H2,26,27,34)/b25-10-/t19-,21-/m0/s1. The van der Waals surface area contributed by atoms with E-state index in [1.165, 1.54) is 13.2 Å². The van der Waals surface area contributed by atoms with Gasteiger partial charge >= 0.3 is 17.7 Å². The number of benzene rings is 2. The smallest absolute Gasteiger partial charge is 0.337 e. The predicted octanol–water partition coefficient (Wildman–Crippen LogP) is 1.73. The average molecular weight is 575 g/mol. The third kappa shape index (κ3) is 7.15. The first-order valence-electron chi connectivity index (χ1n) is 11.8. The highest BCUT2D eigenvalue weighted by Gasteiger charge is 2.32. The lowest BCUT2D eigenvalue weighted by Crippen LogP contribution is -2.45. The monoisotopic (exact) mass is 574 g/mol. The Balaban J connectivity index is 1.74. The molecule has 0 aromatic heterocycles. The van der Waals surface area contributed by atoms with E-state index in [9.17, 15) is 40.0 Å². The van der Waals surface area contributed by atoms with Crippen LogP contribution in [0.2, 0.25) is 0 Å². The molecule has 2 aromatic rings. The number of esters is 1. The van der Waals surface area contributed by atoms with Gasteiger partial charge in [-0.25, -0.2) is 9.59 Å². The number of aromatic hydroxyl groups is 1. The van der Waals surface area contributed by atoms with E-state index in [1.54, 1.807) is 26.0 Å². The van der Waals surface area contributed by atoms with Gasteiger partial charge in [0.05, 0.1) is 53.0 Å². The fraction of sp³-hybridized carbons (Fsp3) is 0.292. The van der Waals surface area contributed by atoms with E-state index in [1.807, 2.05) is 0 Å². The van der Waals surface area contributed by atoms with Crippen molar-refractivity contribution in [3.63, 3.8) is 0 Å². The molecule has 3 rings (SSSR count). The SMILES string of the molecule is CCOc1cc([C@@H]2NC(=O)NC(C)=C2C(=O)OC)ccc1OC[C@H](O)N/N=C\c1cc([N+](=O)[O-])cc([N+](=O)[O-])c1O. The summed E-state index contributed by atoms with van der Waals surface area (Å²) in [5.74, 6) is -1.04. The zero-order valence-electron chi connectivity index (χ0n) is 21.9. The molecule has 0 saturated carbocycles. The number of non-ortho nitro benzene ring substituents is 1. The molecule has 1 aliphatic heterocycles. The van der Waals surface area contributed by atoms with Gasteiger partial charge in [0.15, 0.2) is 17.7 Å². The number of phenolic OH excluding ortho intramolecular Hbond substituents is 1. The maximum absolute atomic E-state index is 12.4. The number of carbonyl (C=O) groups excluding carboxylic acids is 2. The van der Waals surface area contributed by atoms with Crippen LogP contribution in [0.25, 0.3) is 0 Å². The minimum Gasteiger partial charge on any atom is -0.502 e. The van der Waals surface area contributed by atoms with Crippen LogP contribution in [0.4, 0.5) is 16.2 Å². The molecule has 0 unspecified atom stereocenters. The van der Waals surface area contributed by atoms with Gasteiger partial charge in [-0.1, -0.05) is 6.07 Å². The molecule has 0 radical (unpaired) electrons. The summed E-state index contributed by atoms with van der Waals surface area (Å²) in [6, 6.07) is 4.78. The summed E-state index contributed by atoms with van der Waals surface area (Å²) in [5, 5.41) is 51.2. The summed E-state index contributed by atoms with van der Waals surface area (Å²) in [5.41, 5.74) is 1.43. The highest BCUT2D eigenvalue weighted by molar-refractivity contribution is 5.95. The van der Waals surface area contributed by atoms with Crippen LogP contribution in [0.5, 0.6) is 17.2 Å². The molecular formula is C24H26N6O11. The van der Waals surface area contributed by atoms with E-state index in [4.69, 9.17) is 14.2 Å². The zero-order chi connectivity index (χ0) is 30.3. The van der Waals surface area contributed by atoms with Crippen molar-refractivity contribution in [2.24, 2.45) is 5.10 Å². The molecule has 218 valence electrons. The molecule has 17 heteroatoms. The number of nitrogens with zero attached hydrogens (tertiary/aromatic N) is 3. The van der Waals surface area contributed by atoms with Crippen LogP contribution in [0.3, 0.4) is 0 Å². The Kier molecular flexibility index (Phi) is 9.59. The number of aliphatic hydroxyl groups is 1. The topological polar surface area (TPSA) is 237 Å². The van der Waals surface area contributed by atoms with E-state index in [0.717, 1.165) is 12.3 Å². The van der Waals surface area contributed by atoms with Crippen LogP contribution in [0.15, 0.2) is 46.7 Å². The lowest BCUT2D eigenvalue weighted by atomic mass is 9.95. The maximum atomic E-state index is 12.4. The summed E-state index contributed by atoms with van der Waals surface area (Å²) in [7, 11) is 1.22. The Morgan fingerprint density at radius 1 is 1.20 bits per heavy atom. The lowest BCUT2D eigenvalue weighted by molar-refractivity contribution is -0.394. The second kappa shape index (κ2) is 13.1. The Hall–Kier alpha value is -5.45. The van der Waals surface area contributed by atoms with Crippen molar-refractivity contribution in [2.75, 3.05) is 20.3 Å². The van der Waals surface area contributed by atoms with Gasteiger partial charge in [0.25, 0.3) is 5.69 Å². The normalized spacial score (nSPS) is 15.5. The number of allylic oxidation sites excluding steroid dienone is 1. The van der Waals surface area contributed by atoms with E-state index >= 15 is 0 Å². The summed E-state index contributed by atoms with van der Waals surface area (Å²) in [4.78, 5) is 44.7. The van der Waals surface area contributed by atoms with Crippen LogP contribution in [0.1, 0.15) is 31.0 Å². The molecule has 1 aliphatic rings. The third-order valence-electron chi connectivity index (χ3n) is 5.61. The lowest BCUT2D eigenvalue weighted by Gasteiger charge is -2.28. The van der Waals surface area contributed by atoms with Crippen LogP contribution in [0, 0.1) is 20.2 Å². The molecule has 0 bridgehead atoms. The number of nitro groups is 2. The third-order valence-corrected chi connectivity index (χ3v) is 5.61. The minimum atomic E-state index is -1.43. The van der Waals surface area contributed by atoms with Gasteiger partial charge in [-0.05, 0) is 31.5 Å². The molecule has 2 aromatic carbocycles. The number of carbonyl (C=O) groups is 2. The number of amides is 2. The van der Waals surface area contributed by atoms with Crippen molar-refractivity contribution in [2.45, 2.75) is 26.1 Å². The Labute approximate surface area is 231 Å². The van der Waals surface area contributed by atoms with Crippen molar-refractivity contribution in [1.29, 1.82) is 0 Å². The highest BCUT2D eigenvalue weighted by atomic mass is 16.6. The molecule has 5 N–H and O–H groups in total. The Bertz CT molecular complexity index is 1430. The summed E-state index contributed by atoms with van der Waals surface area (Å²) in [6.45, 7) is 3.15. The molecule has 0 aliphatic carbocycles. The number of hydrogen-bond acceptors (Lipinski definition) is 13. The van der Waals surface area contributed by atoms with Crippen molar-refractivity contribution in [3.8, 4) is 17.2 Å². The van der Waals surface area contributed by atoms with Crippen LogP contribution < -0.4 is 25.5 Å². The summed E-state index contributed by atoms with van der Waals surface area (Å²) >= 11 is 0. The van der Waals surface area contributed by atoms with Crippen molar-refractivity contribution >= 4 is 29.6 Å². The molecule has 2 amide bonds. The second-order valence-electron chi connectivity index (χ2n) is 8.33. The van der Waals surface area contributed by atoms with Gasteiger partial charge < -0.3 is 35.1 Å². The van der Waals surface area contributed by atoms with Gasteiger partial charge in [-0.15, -0.1) is 0 Å². The number of rotatable bonds is 12. The molecule has 0 fully saturated rings. The average Bonchev–Trinajstić information content (AvgIpc) is 2.92. The molecule has 0 spiro atoms. The van der Waals surface area contributed by atoms with E-state index in [-0.39, 0.29) is 35.8 Å². The number of hydrogen-bond donors (Lipinski definition) is 5. The fourth-order valence-electron chi connectivity index (χ4n) is 3.78. The maximum Gasteiger partial charge on any atom is 0.337 e. The minimum absolute atomic E-state index is 0.195. The largest absolute Gasteiger partial charge is 0.502 e. The molecule has 41 heavy (non-hydrogen) atoms. The van der Waals surface area contributed by atoms with Gasteiger partial charge in [-0.2, -0.15) is 5.10 Å². The number of phenols is 1. The molecule has 2 atom stereocenters. The number of nitrogens with one attached hydrogen (secondary N) is 3. The second-order valence-corrected chi connectivity index (χ2v) is 8.33. The van der Waals surface area contributed by atoms with E-state index in [0.29, 0.717) is 17.3 Å². The van der Waals surface area contributed by atoms with E-state index < -0.39 is 51.2 Å². The number of methoxy groups -OCH3 is 1. The first-order valence-corrected chi connectivity index (χ1v) is 11.8. The first-order chi connectivity index (χ1) is 19.5. The highest BCUT2D eigenvalue weighted by Crippen LogP contribution is 2.35. The fourth-order valence-corrected chi connectivity index (χ4v) is 3.78. The first kappa shape index (κ1) is 30.1. The number of urea groups is 1. The van der Waals surface area contributed by atoms with E-state index in [2.05, 4.69) is 21.2 Å².